The fourth-order valence-corrected chi connectivity index (χ4v) is 3.68. The van der Waals surface area contributed by atoms with Crippen LogP contribution in [0.15, 0.2) is 0 Å². The van der Waals surface area contributed by atoms with Crippen molar-refractivity contribution in [2.24, 2.45) is 0 Å². The van der Waals surface area contributed by atoms with Crippen LogP contribution in [0, 0.1) is 0 Å². The standard InChI is InChI=1S/C6H9NS/c1-2-6-4(1)7-5(6)3-8-6/h4-5,7H,1-3H2. The zero-order chi connectivity index (χ0) is 5.19. The molecule has 2 heteroatoms. The van der Waals surface area contributed by atoms with Gasteiger partial charge in [-0.05, 0) is 12.8 Å². The van der Waals surface area contributed by atoms with E-state index in [1.165, 1.54) is 18.6 Å². The number of rotatable bonds is 0. The van der Waals surface area contributed by atoms with Gasteiger partial charge in [-0.25, -0.2) is 0 Å². The van der Waals surface area contributed by atoms with Gasteiger partial charge in [0, 0.05) is 22.6 Å². The summed E-state index contributed by atoms with van der Waals surface area (Å²) in [5.74, 6) is 1.39. The average Bonchev–Trinajstić information content (AvgIpc) is 1.62. The number of thioether (sulfide) groups is 1. The molecular weight excluding hydrogens is 118 g/mol. The summed E-state index contributed by atoms with van der Waals surface area (Å²) in [6, 6.07) is 1.87. The number of piperidine rings is 1. The molecule has 44 valence electrons. The molecule has 2 aliphatic heterocycles. The molecule has 0 radical (unpaired) electrons. The van der Waals surface area contributed by atoms with Crippen LogP contribution in [0.2, 0.25) is 0 Å². The minimum Gasteiger partial charge on any atom is -0.308 e. The van der Waals surface area contributed by atoms with Gasteiger partial charge in [0.1, 0.15) is 0 Å². The third-order valence-electron chi connectivity index (χ3n) is 2.92. The van der Waals surface area contributed by atoms with E-state index in [0.717, 1.165) is 16.8 Å². The Morgan fingerprint density at radius 3 is 2.50 bits per heavy atom. The lowest BCUT2D eigenvalue weighted by atomic mass is 9.66. The van der Waals surface area contributed by atoms with E-state index in [0.29, 0.717) is 0 Å². The minimum atomic E-state index is 0.806. The smallest absolute Gasteiger partial charge is 0.0475 e. The Morgan fingerprint density at radius 2 is 2.50 bits per heavy atom. The first kappa shape index (κ1) is 4.18. The van der Waals surface area contributed by atoms with Crippen molar-refractivity contribution in [3.63, 3.8) is 0 Å². The minimum absolute atomic E-state index is 0.806. The second-order valence-electron chi connectivity index (χ2n) is 3.08. The molecule has 3 unspecified atom stereocenters. The second-order valence-corrected chi connectivity index (χ2v) is 4.46. The lowest BCUT2D eigenvalue weighted by Gasteiger charge is -2.70. The van der Waals surface area contributed by atoms with Crippen molar-refractivity contribution in [2.75, 3.05) is 5.75 Å². The Bertz CT molecular complexity index is 129. The van der Waals surface area contributed by atoms with Crippen molar-refractivity contribution < 1.29 is 0 Å². The first-order chi connectivity index (χ1) is 3.92. The van der Waals surface area contributed by atoms with Crippen LogP contribution in [0.1, 0.15) is 12.8 Å². The van der Waals surface area contributed by atoms with Gasteiger partial charge in [0.2, 0.25) is 0 Å². The summed E-state index contributed by atoms with van der Waals surface area (Å²) in [5, 5.41) is 3.55. The third kappa shape index (κ3) is 0.222. The Balaban J connectivity index is 1.96. The van der Waals surface area contributed by atoms with Crippen molar-refractivity contribution in [2.45, 2.75) is 29.7 Å². The van der Waals surface area contributed by atoms with Crippen molar-refractivity contribution in [3.8, 4) is 0 Å². The molecule has 2 saturated heterocycles. The second kappa shape index (κ2) is 0.971. The maximum atomic E-state index is 3.55. The molecule has 0 aromatic rings. The van der Waals surface area contributed by atoms with Crippen LogP contribution in [0.5, 0.6) is 0 Å². The lowest BCUT2D eigenvalue weighted by molar-refractivity contribution is 0.0728. The van der Waals surface area contributed by atoms with Crippen LogP contribution in [0.3, 0.4) is 0 Å². The summed E-state index contributed by atoms with van der Waals surface area (Å²) < 4.78 is 0.806. The molecule has 1 nitrogen and oxygen atoms in total. The third-order valence-corrected chi connectivity index (χ3v) is 4.74. The molecule has 3 fully saturated rings. The predicted molar refractivity (Wildman–Crippen MR) is 35.1 cm³/mol. The van der Waals surface area contributed by atoms with E-state index in [4.69, 9.17) is 0 Å². The van der Waals surface area contributed by atoms with E-state index in [9.17, 15) is 0 Å². The zero-order valence-corrected chi connectivity index (χ0v) is 5.50. The zero-order valence-electron chi connectivity index (χ0n) is 4.68. The molecule has 3 aliphatic rings. The SMILES string of the molecule is C1CC23SCC2NC13. The molecule has 8 heavy (non-hydrogen) atoms. The van der Waals surface area contributed by atoms with Gasteiger partial charge in [0.25, 0.3) is 0 Å². The molecule has 0 aromatic heterocycles. The monoisotopic (exact) mass is 127 g/mol. The Hall–Kier alpha value is 0.310. The van der Waals surface area contributed by atoms with Gasteiger partial charge in [0.15, 0.2) is 0 Å². The largest absolute Gasteiger partial charge is 0.308 e. The van der Waals surface area contributed by atoms with Crippen molar-refractivity contribution in [1.29, 1.82) is 0 Å². The summed E-state index contributed by atoms with van der Waals surface area (Å²) in [4.78, 5) is 0. The molecule has 1 spiro atoms. The van der Waals surface area contributed by atoms with Crippen LogP contribution in [-0.4, -0.2) is 22.6 Å². The Morgan fingerprint density at radius 1 is 1.50 bits per heavy atom. The maximum Gasteiger partial charge on any atom is 0.0475 e. The van der Waals surface area contributed by atoms with E-state index in [1.807, 2.05) is 0 Å². The Labute approximate surface area is 53.2 Å². The highest BCUT2D eigenvalue weighted by atomic mass is 32.2. The molecule has 2 heterocycles. The summed E-state index contributed by atoms with van der Waals surface area (Å²) in [6.45, 7) is 0. The van der Waals surface area contributed by atoms with Gasteiger partial charge in [-0.1, -0.05) is 0 Å². The van der Waals surface area contributed by atoms with Crippen LogP contribution in [0.4, 0.5) is 0 Å². The van der Waals surface area contributed by atoms with E-state index >= 15 is 0 Å². The number of hydrogen-bond donors (Lipinski definition) is 1. The molecule has 0 aromatic carbocycles. The topological polar surface area (TPSA) is 12.0 Å². The molecule has 1 N–H and O–H groups in total. The summed E-state index contributed by atoms with van der Waals surface area (Å²) in [5.41, 5.74) is 0. The first-order valence-corrected chi connectivity index (χ1v) is 4.30. The van der Waals surface area contributed by atoms with Gasteiger partial charge >= 0.3 is 0 Å². The normalized spacial score (nSPS) is 66.0. The van der Waals surface area contributed by atoms with E-state index in [2.05, 4.69) is 17.1 Å². The molecular formula is C6H9NS. The molecule has 1 saturated carbocycles. The van der Waals surface area contributed by atoms with Crippen LogP contribution >= 0.6 is 11.8 Å². The number of nitrogens with one attached hydrogen (secondary N) is 1. The summed E-state index contributed by atoms with van der Waals surface area (Å²) in [6.07, 6.45) is 2.95. The van der Waals surface area contributed by atoms with Crippen molar-refractivity contribution in [1.82, 2.24) is 5.32 Å². The van der Waals surface area contributed by atoms with Crippen LogP contribution in [0.25, 0.3) is 0 Å². The first-order valence-electron chi connectivity index (χ1n) is 3.32. The molecule has 3 atom stereocenters. The highest BCUT2D eigenvalue weighted by Crippen LogP contribution is 2.60. The van der Waals surface area contributed by atoms with Crippen LogP contribution < -0.4 is 5.32 Å². The van der Waals surface area contributed by atoms with E-state index < -0.39 is 0 Å². The molecule has 3 rings (SSSR count). The highest BCUT2D eigenvalue weighted by molar-refractivity contribution is 8.02. The Kier molecular flexibility index (Phi) is 0.507. The maximum absolute atomic E-state index is 3.55. The fourth-order valence-electron chi connectivity index (χ4n) is 2.10. The quantitative estimate of drug-likeness (QED) is 0.511. The predicted octanol–water partition coefficient (Wildman–Crippen LogP) is 0.606. The molecule has 1 aliphatic carbocycles. The van der Waals surface area contributed by atoms with Gasteiger partial charge < -0.3 is 5.32 Å². The molecule has 0 bridgehead atoms. The van der Waals surface area contributed by atoms with Gasteiger partial charge in [-0.2, -0.15) is 11.8 Å². The lowest BCUT2D eigenvalue weighted by Crippen LogP contribution is -2.84. The van der Waals surface area contributed by atoms with E-state index in [-0.39, 0.29) is 0 Å². The van der Waals surface area contributed by atoms with Crippen molar-refractivity contribution in [3.05, 3.63) is 0 Å². The fraction of sp³-hybridized carbons (Fsp3) is 1.00. The van der Waals surface area contributed by atoms with Crippen molar-refractivity contribution >= 4 is 11.8 Å². The molecule has 0 amide bonds. The van der Waals surface area contributed by atoms with Crippen LogP contribution in [-0.2, 0) is 0 Å². The average molecular weight is 127 g/mol. The van der Waals surface area contributed by atoms with Gasteiger partial charge in [-0.15, -0.1) is 0 Å². The summed E-state index contributed by atoms with van der Waals surface area (Å²) >= 11 is 2.19. The van der Waals surface area contributed by atoms with E-state index in [1.54, 1.807) is 0 Å². The summed E-state index contributed by atoms with van der Waals surface area (Å²) in [7, 11) is 0. The highest BCUT2D eigenvalue weighted by Gasteiger charge is 2.66. The van der Waals surface area contributed by atoms with Gasteiger partial charge in [-0.3, -0.25) is 0 Å². The number of hydrogen-bond acceptors (Lipinski definition) is 2. The van der Waals surface area contributed by atoms with Gasteiger partial charge in [0.05, 0.1) is 0 Å².